The Morgan fingerprint density at radius 3 is 1.55 bits per heavy atom. The Hall–Kier alpha value is -7.10. The number of rotatable bonds is 26. The van der Waals surface area contributed by atoms with Crippen LogP contribution in [-0.2, 0) is 60.8 Å². The first-order valence-electron chi connectivity index (χ1n) is 20.1. The predicted molar refractivity (Wildman–Crippen MR) is 225 cm³/mol. The molecule has 2 aromatic carbocycles. The molecule has 0 spiro atoms. The van der Waals surface area contributed by atoms with Crippen LogP contribution in [0.1, 0.15) is 65.0 Å². The zero-order valence-corrected chi connectivity index (χ0v) is 36.2. The molecule has 0 unspecified atom stereocenters. The molecule has 0 saturated heterocycles. The molecule has 0 aliphatic heterocycles. The summed E-state index contributed by atoms with van der Waals surface area (Å²) in [5, 5.41) is 55.5. The molecule has 11 N–H and O–H groups in total. The minimum atomic E-state index is -1.87. The first-order valence-corrected chi connectivity index (χ1v) is 20.1. The third kappa shape index (κ3) is 18.5. The Balaban J connectivity index is 2.22. The van der Waals surface area contributed by atoms with Crippen LogP contribution in [0, 0.1) is 5.92 Å². The van der Waals surface area contributed by atoms with Crippen molar-refractivity contribution in [3.05, 3.63) is 65.7 Å². The smallest absolute Gasteiger partial charge is 0.326 e. The number of carbonyl (C=O) groups is 10. The van der Waals surface area contributed by atoms with Gasteiger partial charge in [-0.25, -0.2) is 4.79 Å². The summed E-state index contributed by atoms with van der Waals surface area (Å²) in [4.78, 5) is 128. The molecular formula is C42H57N7O15. The summed E-state index contributed by atoms with van der Waals surface area (Å²) in [5.41, 5.74) is 1.12. The summed E-state index contributed by atoms with van der Waals surface area (Å²) in [7, 11) is 1.40. The molecule has 0 bridgehead atoms. The highest BCUT2D eigenvalue weighted by Gasteiger charge is 2.36. The number of hydrogen-bond donors (Lipinski definition) is 11. The maximum Gasteiger partial charge on any atom is 0.326 e. The predicted octanol–water partition coefficient (Wildman–Crippen LogP) is -1.63. The van der Waals surface area contributed by atoms with Crippen LogP contribution in [0.3, 0.4) is 0 Å². The third-order valence-electron chi connectivity index (χ3n) is 9.34. The second kappa shape index (κ2) is 25.7. The van der Waals surface area contributed by atoms with Crippen molar-refractivity contribution in [1.29, 1.82) is 0 Å². The molecule has 0 aliphatic rings. The lowest BCUT2D eigenvalue weighted by Gasteiger charge is -2.28. The van der Waals surface area contributed by atoms with Crippen LogP contribution in [0.25, 0.3) is 0 Å². The van der Waals surface area contributed by atoms with E-state index >= 15 is 0 Å². The second-order valence-corrected chi connectivity index (χ2v) is 15.4. The van der Waals surface area contributed by atoms with Gasteiger partial charge in [0, 0.05) is 19.8 Å². The maximum absolute atomic E-state index is 13.7. The van der Waals surface area contributed by atoms with E-state index in [0.29, 0.717) is 16.9 Å². The fourth-order valence-electron chi connectivity index (χ4n) is 6.15. The monoisotopic (exact) mass is 899 g/mol. The molecular weight excluding hydrogens is 842 g/mol. The van der Waals surface area contributed by atoms with Crippen LogP contribution in [0.2, 0.25) is 0 Å². The Bertz CT molecular complexity index is 2000. The van der Waals surface area contributed by atoms with E-state index < -0.39 is 120 Å². The summed E-state index contributed by atoms with van der Waals surface area (Å²) in [6.07, 6.45) is -3.87. The van der Waals surface area contributed by atoms with Gasteiger partial charge in [0.15, 0.2) is 0 Å². The van der Waals surface area contributed by atoms with Gasteiger partial charge in [-0.1, -0.05) is 56.3 Å². The standard InChI is InChI=1S/C42H57N7O15/c1-21(2)15-28(47-41(61)35(23(4)50)49-40(60)29(44-24(5)51)17-25-11-8-7-9-12-25)38(58)46-30(19-33(52)53)37(57)43-22(3)36(56)45-31(20-34(54)55)39(59)48-32(42(62)63)18-26-13-10-14-27(16-26)64-6/h7-14,16,21-23,28-32,35,50H,15,17-20H2,1-6H3,(H,43,57)(H,44,51)(H,45,56)(H,46,58)(H,47,61)(H,48,59)(H,49,60)(H,52,53)(H,54,55)(H,62,63)/t22-,23-,28-,29-,30-,31-,32-,35-/m0/s1. The number of benzene rings is 2. The van der Waals surface area contributed by atoms with Crippen molar-refractivity contribution in [2.45, 2.75) is 115 Å². The molecule has 22 heteroatoms. The van der Waals surface area contributed by atoms with Crippen LogP contribution < -0.4 is 42.0 Å². The first kappa shape index (κ1) is 53.0. The maximum atomic E-state index is 13.7. The van der Waals surface area contributed by atoms with Gasteiger partial charge in [0.05, 0.1) is 26.1 Å². The van der Waals surface area contributed by atoms with Crippen molar-refractivity contribution in [3.8, 4) is 5.75 Å². The van der Waals surface area contributed by atoms with E-state index in [1.807, 2.05) is 0 Å². The van der Waals surface area contributed by atoms with E-state index in [-0.39, 0.29) is 25.2 Å². The molecule has 7 amide bonds. The largest absolute Gasteiger partial charge is 0.497 e. The minimum absolute atomic E-state index is 0.0311. The molecule has 0 fully saturated rings. The molecule has 0 heterocycles. The van der Waals surface area contributed by atoms with Gasteiger partial charge in [0.2, 0.25) is 41.4 Å². The molecule has 0 saturated carbocycles. The SMILES string of the molecule is COc1cccc(C[C@H](NC(=O)[C@H](CC(=O)O)NC(=O)[C@H](C)NC(=O)[C@H](CC(=O)O)NC(=O)[C@H](CC(C)C)NC(=O)[C@@H](NC(=O)[C@H](Cc2ccccc2)NC(C)=O)[C@H](C)O)C(=O)O)c1. The van der Waals surface area contributed by atoms with Crippen molar-refractivity contribution >= 4 is 59.3 Å². The molecule has 8 atom stereocenters. The number of aliphatic hydroxyl groups excluding tert-OH is 1. The average Bonchev–Trinajstić information content (AvgIpc) is 3.20. The lowest BCUT2D eigenvalue weighted by Crippen LogP contribution is -2.61. The van der Waals surface area contributed by atoms with Crippen molar-refractivity contribution in [3.63, 3.8) is 0 Å². The number of carbonyl (C=O) groups excluding carboxylic acids is 7. The normalized spacial score (nSPS) is 14.6. The average molecular weight is 900 g/mol. The number of aliphatic carboxylic acids is 3. The van der Waals surface area contributed by atoms with E-state index in [2.05, 4.69) is 37.2 Å². The lowest BCUT2D eigenvalue weighted by molar-refractivity contribution is -0.143. The van der Waals surface area contributed by atoms with Gasteiger partial charge >= 0.3 is 17.9 Å². The van der Waals surface area contributed by atoms with Crippen molar-refractivity contribution in [1.82, 2.24) is 37.2 Å². The Labute approximate surface area is 368 Å². The van der Waals surface area contributed by atoms with Gasteiger partial charge in [-0.05, 0) is 49.4 Å². The summed E-state index contributed by atoms with van der Waals surface area (Å²) in [6, 6.07) is 3.75. The Kier molecular flexibility index (Phi) is 21.3. The van der Waals surface area contributed by atoms with Crippen molar-refractivity contribution < 1.29 is 73.1 Å². The number of amides is 7. The highest BCUT2D eigenvalue weighted by Crippen LogP contribution is 2.15. The molecule has 350 valence electrons. The lowest BCUT2D eigenvalue weighted by atomic mass is 10.0. The molecule has 64 heavy (non-hydrogen) atoms. The fraction of sp³-hybridized carbons (Fsp3) is 0.476. The van der Waals surface area contributed by atoms with Gasteiger partial charge in [-0.2, -0.15) is 0 Å². The van der Waals surface area contributed by atoms with Crippen LogP contribution >= 0.6 is 0 Å². The quantitative estimate of drug-likeness (QED) is 0.0505. The van der Waals surface area contributed by atoms with Gasteiger partial charge in [0.1, 0.15) is 48.0 Å². The second-order valence-electron chi connectivity index (χ2n) is 15.4. The molecule has 2 rings (SSSR count). The molecule has 0 aromatic heterocycles. The summed E-state index contributed by atoms with van der Waals surface area (Å²) in [5.74, 6) is -11.5. The topological polar surface area (TPSA) is 345 Å². The highest BCUT2D eigenvalue weighted by molar-refractivity contribution is 5.98. The van der Waals surface area contributed by atoms with E-state index in [4.69, 9.17) is 4.74 Å². The van der Waals surface area contributed by atoms with E-state index in [9.17, 15) is 68.4 Å². The fourth-order valence-corrected chi connectivity index (χ4v) is 6.15. The molecule has 22 nitrogen and oxygen atoms in total. The number of carboxylic acid groups (broad SMARTS) is 3. The summed E-state index contributed by atoms with van der Waals surface area (Å²) >= 11 is 0. The zero-order chi connectivity index (χ0) is 48.3. The van der Waals surface area contributed by atoms with Crippen LogP contribution in [-0.4, -0.2) is 135 Å². The van der Waals surface area contributed by atoms with Gasteiger partial charge < -0.3 is 62.4 Å². The van der Waals surface area contributed by atoms with E-state index in [0.717, 1.165) is 6.92 Å². The van der Waals surface area contributed by atoms with Crippen molar-refractivity contribution in [2.75, 3.05) is 7.11 Å². The molecule has 2 aromatic rings. The molecule has 0 radical (unpaired) electrons. The number of methoxy groups -OCH3 is 1. The van der Waals surface area contributed by atoms with Gasteiger partial charge in [0.25, 0.3) is 0 Å². The zero-order valence-electron chi connectivity index (χ0n) is 36.2. The van der Waals surface area contributed by atoms with Crippen LogP contribution in [0.4, 0.5) is 0 Å². The summed E-state index contributed by atoms with van der Waals surface area (Å²) < 4.78 is 5.13. The van der Waals surface area contributed by atoms with E-state index in [1.165, 1.54) is 27.0 Å². The van der Waals surface area contributed by atoms with Gasteiger partial charge in [-0.15, -0.1) is 0 Å². The summed E-state index contributed by atoms with van der Waals surface area (Å²) in [6.45, 7) is 6.87. The number of aliphatic hydroxyl groups is 1. The number of nitrogens with one attached hydrogen (secondary N) is 7. The highest BCUT2D eigenvalue weighted by atomic mass is 16.5. The Morgan fingerprint density at radius 2 is 1.03 bits per heavy atom. The number of ether oxygens (including phenoxy) is 1. The number of carboxylic acids is 3. The Morgan fingerprint density at radius 1 is 0.547 bits per heavy atom. The van der Waals surface area contributed by atoms with Crippen LogP contribution in [0.5, 0.6) is 5.75 Å². The van der Waals surface area contributed by atoms with Crippen LogP contribution in [0.15, 0.2) is 54.6 Å². The van der Waals surface area contributed by atoms with Crippen molar-refractivity contribution in [2.24, 2.45) is 5.92 Å². The van der Waals surface area contributed by atoms with E-state index in [1.54, 1.807) is 62.4 Å². The molecule has 0 aliphatic carbocycles. The van der Waals surface area contributed by atoms with Gasteiger partial charge in [-0.3, -0.25) is 43.2 Å². The first-order chi connectivity index (χ1) is 30.0. The minimum Gasteiger partial charge on any atom is -0.497 e. The third-order valence-corrected chi connectivity index (χ3v) is 9.34. The number of hydrogen-bond acceptors (Lipinski definition) is 12.